The summed E-state index contributed by atoms with van der Waals surface area (Å²) in [5.74, 6) is -0.835. The molecule has 0 radical (unpaired) electrons. The number of carbonyl (C=O) groups excluding carboxylic acids is 2. The zero-order chi connectivity index (χ0) is 14.5. The van der Waals surface area contributed by atoms with Crippen LogP contribution in [-0.4, -0.2) is 23.3 Å². The van der Waals surface area contributed by atoms with Crippen molar-refractivity contribution in [3.63, 3.8) is 0 Å². The number of aromatic nitrogens is 1. The van der Waals surface area contributed by atoms with Gasteiger partial charge in [-0.1, -0.05) is 28.1 Å². The first-order valence-electron chi connectivity index (χ1n) is 5.63. The van der Waals surface area contributed by atoms with Gasteiger partial charge in [-0.3, -0.25) is 9.78 Å². The molecule has 0 amide bonds. The third kappa shape index (κ3) is 3.98. The highest BCUT2D eigenvalue weighted by Crippen LogP contribution is 2.12. The second-order valence-electron chi connectivity index (χ2n) is 3.90. The molecule has 1 heterocycles. The first-order valence-corrected chi connectivity index (χ1v) is 7.21. The van der Waals surface area contributed by atoms with E-state index < -0.39 is 5.97 Å². The van der Waals surface area contributed by atoms with Gasteiger partial charge in [0, 0.05) is 26.9 Å². The number of pyridine rings is 1. The number of carbonyl (C=O) groups is 2. The molecule has 0 atom stereocenters. The number of ether oxygens (including phenoxy) is 1. The van der Waals surface area contributed by atoms with E-state index in [4.69, 9.17) is 4.74 Å². The Morgan fingerprint density at radius 2 is 1.70 bits per heavy atom. The van der Waals surface area contributed by atoms with Gasteiger partial charge in [-0.15, -0.1) is 0 Å². The molecule has 0 N–H and O–H groups in total. The fourth-order valence-electron chi connectivity index (χ4n) is 1.46. The van der Waals surface area contributed by atoms with Gasteiger partial charge < -0.3 is 4.74 Å². The second kappa shape index (κ2) is 6.76. The molecular weight excluding hydrogens is 390 g/mol. The molecule has 0 fully saturated rings. The zero-order valence-electron chi connectivity index (χ0n) is 10.2. The Morgan fingerprint density at radius 1 is 1.00 bits per heavy atom. The van der Waals surface area contributed by atoms with E-state index in [0.29, 0.717) is 15.6 Å². The highest BCUT2D eigenvalue weighted by Gasteiger charge is 2.12. The molecule has 0 spiro atoms. The predicted octanol–water partition coefficient (Wildman–Crippen LogP) is 3.65. The molecule has 0 unspecified atom stereocenters. The Bertz CT molecular complexity index is 641. The van der Waals surface area contributed by atoms with Crippen molar-refractivity contribution in [3.05, 3.63) is 62.8 Å². The van der Waals surface area contributed by atoms with Crippen molar-refractivity contribution in [2.24, 2.45) is 0 Å². The summed E-state index contributed by atoms with van der Waals surface area (Å²) in [5, 5.41) is 0. The van der Waals surface area contributed by atoms with Gasteiger partial charge in [0.25, 0.3) is 0 Å². The highest BCUT2D eigenvalue weighted by molar-refractivity contribution is 9.10. The van der Waals surface area contributed by atoms with Crippen LogP contribution >= 0.6 is 31.9 Å². The van der Waals surface area contributed by atoms with Crippen LogP contribution in [0.25, 0.3) is 0 Å². The van der Waals surface area contributed by atoms with Crippen LogP contribution in [0, 0.1) is 0 Å². The minimum atomic E-state index is -0.579. The van der Waals surface area contributed by atoms with Crippen LogP contribution in [0.15, 0.2) is 51.7 Å². The standard InChI is InChI=1S/C14H9Br2NO3/c15-11-3-1-9(2-4-11)13(18)8-20-14(19)10-5-12(16)7-17-6-10/h1-7H,8H2. The first-order chi connectivity index (χ1) is 9.56. The van der Waals surface area contributed by atoms with Gasteiger partial charge in [-0.25, -0.2) is 4.79 Å². The van der Waals surface area contributed by atoms with Gasteiger partial charge in [-0.05, 0) is 34.1 Å². The topological polar surface area (TPSA) is 56.3 Å². The number of benzene rings is 1. The van der Waals surface area contributed by atoms with Crippen LogP contribution in [0.5, 0.6) is 0 Å². The van der Waals surface area contributed by atoms with E-state index in [-0.39, 0.29) is 12.4 Å². The van der Waals surface area contributed by atoms with Crippen molar-refractivity contribution in [3.8, 4) is 0 Å². The maximum Gasteiger partial charge on any atom is 0.340 e. The average molecular weight is 399 g/mol. The minimum Gasteiger partial charge on any atom is -0.454 e. The second-order valence-corrected chi connectivity index (χ2v) is 5.73. The summed E-state index contributed by atoms with van der Waals surface area (Å²) in [6.45, 7) is -0.299. The Kier molecular flexibility index (Phi) is 5.03. The van der Waals surface area contributed by atoms with Gasteiger partial charge >= 0.3 is 5.97 Å². The summed E-state index contributed by atoms with van der Waals surface area (Å²) in [5.41, 5.74) is 0.788. The normalized spacial score (nSPS) is 10.1. The predicted molar refractivity (Wildman–Crippen MR) is 80.7 cm³/mol. The first kappa shape index (κ1) is 14.9. The van der Waals surface area contributed by atoms with Crippen molar-refractivity contribution in [2.45, 2.75) is 0 Å². The van der Waals surface area contributed by atoms with Crippen LogP contribution in [0.1, 0.15) is 20.7 Å². The molecule has 1 aromatic carbocycles. The summed E-state index contributed by atoms with van der Waals surface area (Å²) in [6.07, 6.45) is 2.95. The van der Waals surface area contributed by atoms with E-state index in [1.165, 1.54) is 6.20 Å². The lowest BCUT2D eigenvalue weighted by Gasteiger charge is -2.04. The number of esters is 1. The van der Waals surface area contributed by atoms with Gasteiger partial charge in [0.2, 0.25) is 0 Å². The quantitative estimate of drug-likeness (QED) is 0.582. The number of ketones is 1. The molecule has 20 heavy (non-hydrogen) atoms. The maximum absolute atomic E-state index is 11.8. The Labute approximate surface area is 132 Å². The molecule has 0 aliphatic heterocycles. The van der Waals surface area contributed by atoms with Crippen LogP contribution in [0.2, 0.25) is 0 Å². The van der Waals surface area contributed by atoms with Crippen LogP contribution in [0.3, 0.4) is 0 Å². The summed E-state index contributed by atoms with van der Waals surface area (Å²) in [7, 11) is 0. The third-order valence-electron chi connectivity index (χ3n) is 2.44. The van der Waals surface area contributed by atoms with Gasteiger partial charge in [-0.2, -0.15) is 0 Å². The van der Waals surface area contributed by atoms with E-state index in [1.807, 2.05) is 0 Å². The maximum atomic E-state index is 11.8. The van der Waals surface area contributed by atoms with Crippen LogP contribution in [0.4, 0.5) is 0 Å². The van der Waals surface area contributed by atoms with E-state index in [2.05, 4.69) is 36.8 Å². The molecule has 0 aliphatic carbocycles. The third-order valence-corrected chi connectivity index (χ3v) is 3.40. The summed E-state index contributed by atoms with van der Waals surface area (Å²) in [4.78, 5) is 27.4. The summed E-state index contributed by atoms with van der Waals surface area (Å²) >= 11 is 6.50. The number of halogens is 2. The molecule has 2 rings (SSSR count). The zero-order valence-corrected chi connectivity index (χ0v) is 13.3. The molecule has 0 saturated carbocycles. The average Bonchev–Trinajstić information content (AvgIpc) is 2.45. The summed E-state index contributed by atoms with van der Waals surface area (Å²) < 4.78 is 6.52. The van der Waals surface area contributed by atoms with E-state index in [0.717, 1.165) is 4.47 Å². The fraction of sp³-hybridized carbons (Fsp3) is 0.0714. The van der Waals surface area contributed by atoms with Crippen molar-refractivity contribution in [1.82, 2.24) is 4.98 Å². The van der Waals surface area contributed by atoms with Crippen LogP contribution in [-0.2, 0) is 4.74 Å². The largest absolute Gasteiger partial charge is 0.454 e. The molecular formula is C14H9Br2NO3. The minimum absolute atomic E-state index is 0.256. The number of hydrogen-bond donors (Lipinski definition) is 0. The molecule has 0 aliphatic rings. The summed E-state index contributed by atoms with van der Waals surface area (Å²) in [6, 6.07) is 8.43. The van der Waals surface area contributed by atoms with Crippen molar-refractivity contribution < 1.29 is 14.3 Å². The molecule has 2 aromatic rings. The van der Waals surface area contributed by atoms with Crippen molar-refractivity contribution in [1.29, 1.82) is 0 Å². The number of hydrogen-bond acceptors (Lipinski definition) is 4. The molecule has 0 saturated heterocycles. The van der Waals surface area contributed by atoms with Gasteiger partial charge in [0.15, 0.2) is 12.4 Å². The molecule has 0 bridgehead atoms. The lowest BCUT2D eigenvalue weighted by Crippen LogP contribution is -2.14. The van der Waals surface area contributed by atoms with Gasteiger partial charge in [0.1, 0.15) is 0 Å². The lowest BCUT2D eigenvalue weighted by atomic mass is 10.1. The number of Topliss-reactive ketones (excluding diaryl/α,β-unsaturated/α-hetero) is 1. The Morgan fingerprint density at radius 3 is 2.35 bits per heavy atom. The SMILES string of the molecule is O=C(COC(=O)c1cncc(Br)c1)c1ccc(Br)cc1. The van der Waals surface area contributed by atoms with Crippen LogP contribution < -0.4 is 0 Å². The van der Waals surface area contributed by atoms with E-state index in [9.17, 15) is 9.59 Å². The number of nitrogens with zero attached hydrogens (tertiary/aromatic N) is 1. The highest BCUT2D eigenvalue weighted by atomic mass is 79.9. The molecule has 1 aromatic heterocycles. The van der Waals surface area contributed by atoms with Gasteiger partial charge in [0.05, 0.1) is 5.56 Å². The van der Waals surface area contributed by atoms with Crippen molar-refractivity contribution in [2.75, 3.05) is 6.61 Å². The molecule has 6 heteroatoms. The van der Waals surface area contributed by atoms with Crippen molar-refractivity contribution >= 4 is 43.6 Å². The van der Waals surface area contributed by atoms with E-state index >= 15 is 0 Å². The molecule has 102 valence electrons. The monoisotopic (exact) mass is 397 g/mol. The number of rotatable bonds is 4. The lowest BCUT2D eigenvalue weighted by molar-refractivity contribution is 0.0474. The van der Waals surface area contributed by atoms with E-state index in [1.54, 1.807) is 36.5 Å². The Hall–Kier alpha value is -1.53. The smallest absolute Gasteiger partial charge is 0.340 e. The fourth-order valence-corrected chi connectivity index (χ4v) is 2.09. The Balaban J connectivity index is 1.96. The molecule has 4 nitrogen and oxygen atoms in total.